The molecule has 0 spiro atoms. The first-order valence-corrected chi connectivity index (χ1v) is 11.3. The number of urea groups is 1. The predicted molar refractivity (Wildman–Crippen MR) is 132 cm³/mol. The first-order valence-electron chi connectivity index (χ1n) is 10.5. The Kier molecular flexibility index (Phi) is 5.49. The molecule has 0 saturated heterocycles. The van der Waals surface area contributed by atoms with Crippen LogP contribution in [-0.4, -0.2) is 16.0 Å². The minimum Gasteiger partial charge on any atom is -0.363 e. The summed E-state index contributed by atoms with van der Waals surface area (Å²) in [5.41, 5.74) is 5.84. The third-order valence-corrected chi connectivity index (χ3v) is 5.99. The number of amides is 2. The summed E-state index contributed by atoms with van der Waals surface area (Å²) < 4.78 is 0.676. The Hall–Kier alpha value is -3.45. The van der Waals surface area contributed by atoms with Crippen molar-refractivity contribution < 1.29 is 4.79 Å². The molecule has 2 aromatic carbocycles. The Bertz CT molecular complexity index is 1300. The van der Waals surface area contributed by atoms with E-state index in [4.69, 9.17) is 4.98 Å². The number of halogens is 1. The molecule has 2 heterocycles. The first kappa shape index (κ1) is 20.5. The molecule has 2 aromatic heterocycles. The van der Waals surface area contributed by atoms with Gasteiger partial charge in [-0.3, -0.25) is 0 Å². The van der Waals surface area contributed by atoms with E-state index in [2.05, 4.69) is 61.1 Å². The van der Waals surface area contributed by atoms with Crippen molar-refractivity contribution in [3.05, 3.63) is 88.2 Å². The van der Waals surface area contributed by atoms with E-state index < -0.39 is 0 Å². The van der Waals surface area contributed by atoms with E-state index in [0.717, 1.165) is 35.3 Å². The van der Waals surface area contributed by atoms with Crippen LogP contribution in [0.2, 0.25) is 0 Å². The van der Waals surface area contributed by atoms with Crippen LogP contribution in [0.5, 0.6) is 0 Å². The molecule has 2 amide bonds. The predicted octanol–water partition coefficient (Wildman–Crippen LogP) is 6.44. The van der Waals surface area contributed by atoms with Gasteiger partial charge in [0.2, 0.25) is 0 Å². The summed E-state index contributed by atoms with van der Waals surface area (Å²) in [6.45, 7) is 1.87. The lowest BCUT2D eigenvalue weighted by Crippen LogP contribution is -2.19. The van der Waals surface area contributed by atoms with E-state index >= 15 is 0 Å². The molecular formula is C25H22BrN5O. The monoisotopic (exact) mass is 487 g/mol. The summed E-state index contributed by atoms with van der Waals surface area (Å²) in [5.74, 6) is 0.858. The van der Waals surface area contributed by atoms with Crippen molar-refractivity contribution in [3.8, 4) is 0 Å². The molecule has 3 N–H and O–H groups in total. The summed E-state index contributed by atoms with van der Waals surface area (Å²) in [7, 11) is 0. The fourth-order valence-corrected chi connectivity index (χ4v) is 4.69. The number of anilines is 3. The Morgan fingerprint density at radius 1 is 0.969 bits per heavy atom. The van der Waals surface area contributed by atoms with Crippen LogP contribution in [0.1, 0.15) is 29.3 Å². The number of rotatable bonds is 4. The molecule has 1 unspecified atom stereocenters. The van der Waals surface area contributed by atoms with Gasteiger partial charge in [-0.25, -0.2) is 14.8 Å². The van der Waals surface area contributed by atoms with E-state index in [1.165, 1.54) is 11.1 Å². The number of carbonyl (C=O) groups excluding carboxylic acids is 1. The zero-order valence-corrected chi connectivity index (χ0v) is 19.1. The number of carbonyl (C=O) groups is 1. The number of hydrogen-bond acceptors (Lipinski definition) is 4. The molecule has 0 bridgehead atoms. The fraction of sp³-hybridized carbons (Fsp3) is 0.160. The van der Waals surface area contributed by atoms with E-state index in [1.54, 1.807) is 6.07 Å². The van der Waals surface area contributed by atoms with Gasteiger partial charge in [-0.05, 0) is 89.3 Å². The van der Waals surface area contributed by atoms with Crippen LogP contribution in [0.4, 0.5) is 22.0 Å². The van der Waals surface area contributed by atoms with E-state index in [1.807, 2.05) is 43.3 Å². The summed E-state index contributed by atoms with van der Waals surface area (Å²) in [5, 5.41) is 10.2. The topological polar surface area (TPSA) is 78.9 Å². The molecule has 7 heteroatoms. The Balaban J connectivity index is 1.28. The van der Waals surface area contributed by atoms with Crippen LogP contribution in [-0.2, 0) is 6.42 Å². The molecule has 6 nitrogen and oxygen atoms in total. The van der Waals surface area contributed by atoms with E-state index in [-0.39, 0.29) is 12.1 Å². The summed E-state index contributed by atoms with van der Waals surface area (Å²) >= 11 is 3.34. The largest absolute Gasteiger partial charge is 0.363 e. The van der Waals surface area contributed by atoms with Crippen LogP contribution in [0.3, 0.4) is 0 Å². The van der Waals surface area contributed by atoms with E-state index in [0.29, 0.717) is 16.0 Å². The molecule has 0 saturated carbocycles. The second kappa shape index (κ2) is 8.59. The molecule has 0 fully saturated rings. The number of pyridine rings is 2. The second-order valence-electron chi connectivity index (χ2n) is 7.94. The number of nitrogens with zero attached hydrogens (tertiary/aromatic N) is 2. The lowest BCUT2D eigenvalue weighted by Gasteiger charge is -2.15. The fourth-order valence-electron chi connectivity index (χ4n) is 4.16. The SMILES string of the molecule is Cc1cc(NC(=O)Nc2ccc3nc(NC4CCc5ccccc54)ccc3c2)cc(Br)n1. The van der Waals surface area contributed by atoms with Gasteiger partial charge in [0.05, 0.1) is 11.6 Å². The standard InChI is InChI=1S/C25H22BrN5O/c1-15-12-19(14-23(26)27-15)29-25(32)28-18-8-10-21-17(13-18)7-11-24(30-21)31-22-9-6-16-4-2-3-5-20(16)22/h2-5,7-8,10-14,22H,6,9H2,1H3,(H,30,31)(H2,27,28,29,32). The van der Waals surface area contributed by atoms with Crippen LogP contribution < -0.4 is 16.0 Å². The van der Waals surface area contributed by atoms with Crippen molar-refractivity contribution in [3.63, 3.8) is 0 Å². The van der Waals surface area contributed by atoms with Gasteiger partial charge in [-0.2, -0.15) is 0 Å². The third-order valence-electron chi connectivity index (χ3n) is 5.58. The molecule has 0 radical (unpaired) electrons. The zero-order chi connectivity index (χ0) is 22.1. The summed E-state index contributed by atoms with van der Waals surface area (Å²) in [6.07, 6.45) is 2.17. The van der Waals surface area contributed by atoms with Gasteiger partial charge in [-0.15, -0.1) is 0 Å². The number of aryl methyl sites for hydroxylation is 2. The summed E-state index contributed by atoms with van der Waals surface area (Å²) in [4.78, 5) is 21.4. The molecule has 1 aliphatic rings. The second-order valence-corrected chi connectivity index (χ2v) is 8.75. The van der Waals surface area contributed by atoms with Crippen molar-refractivity contribution in [1.29, 1.82) is 0 Å². The molecule has 4 aromatic rings. The number of fused-ring (bicyclic) bond motifs is 2. The normalized spacial score (nSPS) is 14.8. The Labute approximate surface area is 194 Å². The minimum atomic E-state index is -0.312. The summed E-state index contributed by atoms with van der Waals surface area (Å²) in [6, 6.07) is 21.8. The van der Waals surface area contributed by atoms with Crippen LogP contribution in [0.25, 0.3) is 10.9 Å². The molecule has 160 valence electrons. The molecule has 1 aliphatic carbocycles. The van der Waals surface area contributed by atoms with Crippen molar-refractivity contribution in [2.45, 2.75) is 25.8 Å². The van der Waals surface area contributed by atoms with Crippen LogP contribution in [0.15, 0.2) is 71.3 Å². The third kappa shape index (κ3) is 4.43. The van der Waals surface area contributed by atoms with Gasteiger partial charge >= 0.3 is 6.03 Å². The van der Waals surface area contributed by atoms with Gasteiger partial charge in [-0.1, -0.05) is 24.3 Å². The Morgan fingerprint density at radius 2 is 1.81 bits per heavy atom. The average molecular weight is 488 g/mol. The van der Waals surface area contributed by atoms with Crippen molar-refractivity contribution >= 4 is 50.1 Å². The van der Waals surface area contributed by atoms with Crippen LogP contribution >= 0.6 is 15.9 Å². The number of nitrogens with one attached hydrogen (secondary N) is 3. The smallest absolute Gasteiger partial charge is 0.323 e. The number of hydrogen-bond donors (Lipinski definition) is 3. The van der Waals surface area contributed by atoms with Gasteiger partial charge in [0.15, 0.2) is 0 Å². The highest BCUT2D eigenvalue weighted by Gasteiger charge is 2.21. The highest BCUT2D eigenvalue weighted by molar-refractivity contribution is 9.10. The van der Waals surface area contributed by atoms with Gasteiger partial charge in [0.25, 0.3) is 0 Å². The van der Waals surface area contributed by atoms with Gasteiger partial charge in [0.1, 0.15) is 10.4 Å². The lowest BCUT2D eigenvalue weighted by atomic mass is 10.1. The van der Waals surface area contributed by atoms with Crippen molar-refractivity contribution in [2.24, 2.45) is 0 Å². The quantitative estimate of drug-likeness (QED) is 0.289. The van der Waals surface area contributed by atoms with Gasteiger partial charge in [0, 0.05) is 22.5 Å². The first-order chi connectivity index (χ1) is 15.5. The molecule has 0 aliphatic heterocycles. The van der Waals surface area contributed by atoms with E-state index in [9.17, 15) is 4.79 Å². The maximum absolute atomic E-state index is 12.4. The average Bonchev–Trinajstić information content (AvgIpc) is 3.16. The highest BCUT2D eigenvalue weighted by Crippen LogP contribution is 2.33. The molecule has 1 atom stereocenters. The lowest BCUT2D eigenvalue weighted by molar-refractivity contribution is 0.262. The van der Waals surface area contributed by atoms with Crippen molar-refractivity contribution in [1.82, 2.24) is 9.97 Å². The molecule has 32 heavy (non-hydrogen) atoms. The van der Waals surface area contributed by atoms with Gasteiger partial charge < -0.3 is 16.0 Å². The molecule has 5 rings (SSSR count). The minimum absolute atomic E-state index is 0.289. The van der Waals surface area contributed by atoms with Crippen LogP contribution in [0, 0.1) is 6.92 Å². The highest BCUT2D eigenvalue weighted by atomic mass is 79.9. The zero-order valence-electron chi connectivity index (χ0n) is 17.5. The maximum atomic E-state index is 12.4. The number of aromatic nitrogens is 2. The molecular weight excluding hydrogens is 466 g/mol. The van der Waals surface area contributed by atoms with Crippen molar-refractivity contribution in [2.75, 3.05) is 16.0 Å². The Morgan fingerprint density at radius 3 is 2.69 bits per heavy atom. The maximum Gasteiger partial charge on any atom is 0.323 e. The number of benzene rings is 2.